The van der Waals surface area contributed by atoms with Crippen LogP contribution in [0.15, 0.2) is 24.3 Å². The van der Waals surface area contributed by atoms with Crippen LogP contribution in [-0.2, 0) is 19.1 Å². The van der Waals surface area contributed by atoms with Crippen molar-refractivity contribution in [3.8, 4) is 6.07 Å². The highest BCUT2D eigenvalue weighted by Crippen LogP contribution is 2.40. The fourth-order valence-electron chi connectivity index (χ4n) is 3.79. The Kier molecular flexibility index (Phi) is 5.13. The maximum atomic E-state index is 12.2. The zero-order chi connectivity index (χ0) is 17.8. The summed E-state index contributed by atoms with van der Waals surface area (Å²) in [6, 6.07) is 8.50. The number of rotatable bonds is 4. The zero-order valence-corrected chi connectivity index (χ0v) is 13.9. The summed E-state index contributed by atoms with van der Waals surface area (Å²) in [6.45, 7) is -0.366. The van der Waals surface area contributed by atoms with Gasteiger partial charge >= 0.3 is 5.97 Å². The van der Waals surface area contributed by atoms with Crippen molar-refractivity contribution in [3.63, 3.8) is 0 Å². The number of nitrogens with one attached hydrogen (secondary N) is 1. The Hall–Kier alpha value is -2.68. The normalized spacial score (nSPS) is 24.9. The number of benzene rings is 1. The lowest BCUT2D eigenvalue weighted by Crippen LogP contribution is -2.40. The maximum absolute atomic E-state index is 12.2. The smallest absolute Gasteiger partial charge is 0.309 e. The van der Waals surface area contributed by atoms with Gasteiger partial charge in [-0.15, -0.1) is 0 Å². The first-order valence-electron chi connectivity index (χ1n) is 8.57. The van der Waals surface area contributed by atoms with Gasteiger partial charge in [0, 0.05) is 17.5 Å². The van der Waals surface area contributed by atoms with Crippen LogP contribution in [0.3, 0.4) is 0 Å². The first-order chi connectivity index (χ1) is 12.1. The standard InChI is InChI=1S/C19H20N2O4/c20-10-12-3-1-6-16(7-12)21-17(22)11-25-19(24)15-8-13-4-2-5-14(9-15)18(13)23/h1,3,6-7,13-15H,2,4-5,8-9,11H2,(H,21,22)/t13-,14-/m1/s1. The van der Waals surface area contributed by atoms with Crippen LogP contribution in [0.25, 0.3) is 0 Å². The van der Waals surface area contributed by atoms with Crippen molar-refractivity contribution in [2.75, 3.05) is 11.9 Å². The average Bonchev–Trinajstić information content (AvgIpc) is 2.59. The topological polar surface area (TPSA) is 96.3 Å². The van der Waals surface area contributed by atoms with Crippen molar-refractivity contribution < 1.29 is 19.1 Å². The van der Waals surface area contributed by atoms with E-state index in [0.717, 1.165) is 19.3 Å². The highest BCUT2D eigenvalue weighted by Gasteiger charge is 2.41. The third kappa shape index (κ3) is 4.05. The van der Waals surface area contributed by atoms with E-state index in [1.54, 1.807) is 24.3 Å². The van der Waals surface area contributed by atoms with Gasteiger partial charge in [0.05, 0.1) is 17.6 Å². The second kappa shape index (κ2) is 7.47. The van der Waals surface area contributed by atoms with E-state index in [1.165, 1.54) is 0 Å². The Morgan fingerprint density at radius 2 is 1.96 bits per heavy atom. The highest BCUT2D eigenvalue weighted by atomic mass is 16.5. The van der Waals surface area contributed by atoms with Crippen LogP contribution < -0.4 is 5.32 Å². The minimum absolute atomic E-state index is 0.0207. The summed E-state index contributed by atoms with van der Waals surface area (Å²) in [5.74, 6) is -0.880. The number of carbonyl (C=O) groups excluding carboxylic acids is 3. The van der Waals surface area contributed by atoms with Gasteiger partial charge in [0.2, 0.25) is 0 Å². The highest BCUT2D eigenvalue weighted by molar-refractivity contribution is 5.93. The van der Waals surface area contributed by atoms with Crippen molar-refractivity contribution in [2.24, 2.45) is 17.8 Å². The molecular formula is C19H20N2O4. The Morgan fingerprint density at radius 1 is 1.24 bits per heavy atom. The lowest BCUT2D eigenvalue weighted by Gasteiger charge is -2.36. The van der Waals surface area contributed by atoms with E-state index in [-0.39, 0.29) is 24.4 Å². The van der Waals surface area contributed by atoms with Crippen LogP contribution in [0.5, 0.6) is 0 Å². The summed E-state index contributed by atoms with van der Waals surface area (Å²) in [5, 5.41) is 11.4. The van der Waals surface area contributed by atoms with Crippen molar-refractivity contribution in [1.29, 1.82) is 5.26 Å². The molecule has 0 spiro atoms. The minimum Gasteiger partial charge on any atom is -0.455 e. The lowest BCUT2D eigenvalue weighted by molar-refractivity contribution is -0.155. The van der Waals surface area contributed by atoms with Crippen LogP contribution in [0.4, 0.5) is 5.69 Å². The Bertz CT molecular complexity index is 721. The molecule has 6 heteroatoms. The van der Waals surface area contributed by atoms with E-state index in [4.69, 9.17) is 10.00 Å². The summed E-state index contributed by atoms with van der Waals surface area (Å²) < 4.78 is 5.15. The van der Waals surface area contributed by atoms with E-state index in [2.05, 4.69) is 5.32 Å². The molecule has 2 aliphatic rings. The molecule has 1 aromatic carbocycles. The van der Waals surface area contributed by atoms with Crippen molar-refractivity contribution in [2.45, 2.75) is 32.1 Å². The third-order valence-corrected chi connectivity index (χ3v) is 5.00. The van der Waals surface area contributed by atoms with Crippen LogP contribution in [0.1, 0.15) is 37.7 Å². The van der Waals surface area contributed by atoms with Gasteiger partial charge in [-0.2, -0.15) is 5.26 Å². The number of hydrogen-bond donors (Lipinski definition) is 1. The zero-order valence-electron chi connectivity index (χ0n) is 13.9. The number of nitriles is 1. The fraction of sp³-hybridized carbons (Fsp3) is 0.474. The first kappa shape index (κ1) is 17.2. The molecule has 1 N–H and O–H groups in total. The number of ketones is 1. The molecule has 3 rings (SSSR count). The van der Waals surface area contributed by atoms with Gasteiger partial charge in [-0.1, -0.05) is 12.5 Å². The summed E-state index contributed by atoms with van der Waals surface area (Å²) >= 11 is 0. The van der Waals surface area contributed by atoms with Crippen LogP contribution >= 0.6 is 0 Å². The molecule has 2 atom stereocenters. The molecule has 1 aromatic rings. The largest absolute Gasteiger partial charge is 0.455 e. The number of esters is 1. The van der Waals surface area contributed by atoms with E-state index >= 15 is 0 Å². The fourth-order valence-corrected chi connectivity index (χ4v) is 3.79. The molecule has 2 saturated carbocycles. The molecule has 0 aliphatic heterocycles. The van der Waals surface area contributed by atoms with Gasteiger partial charge in [-0.3, -0.25) is 14.4 Å². The van der Waals surface area contributed by atoms with Crippen molar-refractivity contribution >= 4 is 23.3 Å². The number of Topliss-reactive ketones (excluding diaryl/α,β-unsaturated/α-hetero) is 1. The van der Waals surface area contributed by atoms with Crippen LogP contribution in [0, 0.1) is 29.1 Å². The van der Waals surface area contributed by atoms with Gasteiger partial charge in [0.1, 0.15) is 5.78 Å². The van der Waals surface area contributed by atoms with E-state index in [9.17, 15) is 14.4 Å². The van der Waals surface area contributed by atoms with Crippen LogP contribution in [-0.4, -0.2) is 24.3 Å². The van der Waals surface area contributed by atoms with Gasteiger partial charge < -0.3 is 10.1 Å². The van der Waals surface area contributed by atoms with Gasteiger partial charge in [-0.05, 0) is 43.9 Å². The number of anilines is 1. The van der Waals surface area contributed by atoms with Crippen molar-refractivity contribution in [3.05, 3.63) is 29.8 Å². The summed E-state index contributed by atoms with van der Waals surface area (Å²) in [5.41, 5.74) is 0.922. The minimum atomic E-state index is -0.449. The SMILES string of the molecule is N#Cc1cccc(NC(=O)COC(=O)C2C[C@H]3CCC[C@H](C2)C3=O)c1. The molecule has 25 heavy (non-hydrogen) atoms. The molecule has 0 saturated heterocycles. The number of carbonyl (C=O) groups is 3. The third-order valence-electron chi connectivity index (χ3n) is 5.00. The number of ether oxygens (including phenoxy) is 1. The first-order valence-corrected chi connectivity index (χ1v) is 8.57. The molecule has 0 radical (unpaired) electrons. The molecule has 0 heterocycles. The molecule has 6 nitrogen and oxygen atoms in total. The summed E-state index contributed by atoms with van der Waals surface area (Å²) in [7, 11) is 0. The monoisotopic (exact) mass is 340 g/mol. The van der Waals surface area contributed by atoms with E-state index in [0.29, 0.717) is 29.9 Å². The Labute approximate surface area is 146 Å². The quantitative estimate of drug-likeness (QED) is 0.849. The predicted octanol–water partition coefficient (Wildman–Crippen LogP) is 2.44. The molecule has 130 valence electrons. The Morgan fingerprint density at radius 3 is 2.64 bits per heavy atom. The van der Waals surface area contributed by atoms with E-state index in [1.807, 2.05) is 6.07 Å². The number of nitrogens with zero attached hydrogens (tertiary/aromatic N) is 1. The second-order valence-electron chi connectivity index (χ2n) is 6.74. The Balaban J connectivity index is 1.49. The summed E-state index contributed by atoms with van der Waals surface area (Å²) in [4.78, 5) is 36.2. The van der Waals surface area contributed by atoms with E-state index < -0.39 is 11.9 Å². The number of amides is 1. The number of hydrogen-bond acceptors (Lipinski definition) is 5. The molecule has 2 bridgehead atoms. The lowest BCUT2D eigenvalue weighted by atomic mass is 9.67. The molecule has 1 amide bonds. The van der Waals surface area contributed by atoms with Crippen LogP contribution in [0.2, 0.25) is 0 Å². The maximum Gasteiger partial charge on any atom is 0.309 e. The van der Waals surface area contributed by atoms with Crippen molar-refractivity contribution in [1.82, 2.24) is 0 Å². The molecule has 0 unspecified atom stereocenters. The van der Waals surface area contributed by atoms with Gasteiger partial charge in [0.25, 0.3) is 5.91 Å². The number of fused-ring (bicyclic) bond motifs is 2. The molecule has 2 fully saturated rings. The van der Waals surface area contributed by atoms with Gasteiger partial charge in [0.15, 0.2) is 6.61 Å². The molecule has 0 aromatic heterocycles. The predicted molar refractivity (Wildman–Crippen MR) is 89.3 cm³/mol. The summed E-state index contributed by atoms with van der Waals surface area (Å²) in [6.07, 6.45) is 3.84. The van der Waals surface area contributed by atoms with Gasteiger partial charge in [-0.25, -0.2) is 0 Å². The molecular weight excluding hydrogens is 320 g/mol. The average molecular weight is 340 g/mol. The molecule has 2 aliphatic carbocycles. The second-order valence-corrected chi connectivity index (χ2v) is 6.74.